The zero-order valence-electron chi connectivity index (χ0n) is 30.0. The average molecular weight is 673 g/mol. The first-order chi connectivity index (χ1) is 25.7. The summed E-state index contributed by atoms with van der Waals surface area (Å²) in [5.41, 5.74) is 20.3. The van der Waals surface area contributed by atoms with E-state index in [-0.39, 0.29) is 6.71 Å². The van der Waals surface area contributed by atoms with Crippen molar-refractivity contribution >= 4 is 57.2 Å². The highest BCUT2D eigenvalue weighted by Crippen LogP contribution is 2.76. The summed E-state index contributed by atoms with van der Waals surface area (Å²) in [5.74, 6) is 6.74. The maximum Gasteiger partial charge on any atom is 0.252 e. The van der Waals surface area contributed by atoms with Gasteiger partial charge >= 0.3 is 0 Å². The van der Waals surface area contributed by atoms with Gasteiger partial charge in [-0.25, -0.2) is 0 Å². The molecule has 5 aromatic rings. The third-order valence-corrected chi connectivity index (χ3v) is 16.9. The van der Waals surface area contributed by atoms with Gasteiger partial charge in [0.2, 0.25) is 0 Å². The summed E-state index contributed by atoms with van der Waals surface area (Å²) < 4.78 is 0. The van der Waals surface area contributed by atoms with Gasteiger partial charge in [0.05, 0.1) is 0 Å². The molecule has 8 aliphatic carbocycles. The summed E-state index contributed by atoms with van der Waals surface area (Å²) in [6.45, 7) is 0.230. The molecule has 2 aliphatic heterocycles. The summed E-state index contributed by atoms with van der Waals surface area (Å²) in [5, 5.41) is 0. The van der Waals surface area contributed by atoms with Crippen LogP contribution in [0.1, 0.15) is 110 Å². The van der Waals surface area contributed by atoms with E-state index >= 15 is 0 Å². The first-order valence-electron chi connectivity index (χ1n) is 20.9. The van der Waals surface area contributed by atoms with Crippen LogP contribution in [0.2, 0.25) is 0 Å². The van der Waals surface area contributed by atoms with E-state index in [0.29, 0.717) is 5.41 Å². The Morgan fingerprint density at radius 1 is 0.442 bits per heavy atom. The predicted octanol–water partition coefficient (Wildman–Crippen LogP) is 10.6. The molecule has 0 N–H and O–H groups in total. The van der Waals surface area contributed by atoms with Crippen LogP contribution in [-0.2, 0) is 0 Å². The van der Waals surface area contributed by atoms with Gasteiger partial charge in [-0.15, -0.1) is 0 Å². The van der Waals surface area contributed by atoms with Gasteiger partial charge in [0.25, 0.3) is 6.71 Å². The van der Waals surface area contributed by atoms with E-state index in [4.69, 9.17) is 0 Å². The minimum atomic E-state index is 0.230. The van der Waals surface area contributed by atoms with E-state index in [0.717, 1.165) is 47.3 Å². The van der Waals surface area contributed by atoms with Gasteiger partial charge < -0.3 is 9.80 Å². The Kier molecular flexibility index (Phi) is 5.25. The molecule has 2 heterocycles. The molecule has 5 aromatic carbocycles. The van der Waals surface area contributed by atoms with Crippen molar-refractivity contribution in [3.8, 4) is 0 Å². The third-order valence-electron chi connectivity index (χ3n) is 16.9. The van der Waals surface area contributed by atoms with Crippen molar-refractivity contribution in [2.24, 2.45) is 29.1 Å². The number of hydrogen-bond acceptors (Lipinski definition) is 2. The van der Waals surface area contributed by atoms with Gasteiger partial charge in [-0.2, -0.15) is 0 Å². The van der Waals surface area contributed by atoms with Crippen molar-refractivity contribution in [3.63, 3.8) is 0 Å². The summed E-state index contributed by atoms with van der Waals surface area (Å²) in [7, 11) is 0. The normalized spacial score (nSPS) is 34.1. The largest absolute Gasteiger partial charge is 0.311 e. The fourth-order valence-electron chi connectivity index (χ4n) is 15.2. The topological polar surface area (TPSA) is 6.48 Å². The molecule has 52 heavy (non-hydrogen) atoms. The fraction of sp³-hybridized carbons (Fsp3) is 0.388. The maximum absolute atomic E-state index is 2.81. The van der Waals surface area contributed by atoms with Crippen LogP contribution in [0.15, 0.2) is 103 Å². The molecule has 2 nitrogen and oxygen atoms in total. The van der Waals surface area contributed by atoms with Gasteiger partial charge in [0, 0.05) is 34.1 Å². The molecule has 3 heteroatoms. The van der Waals surface area contributed by atoms with Crippen molar-refractivity contribution in [1.82, 2.24) is 0 Å². The van der Waals surface area contributed by atoms with Gasteiger partial charge in [0.15, 0.2) is 0 Å². The van der Waals surface area contributed by atoms with E-state index in [1.165, 1.54) is 104 Å². The zero-order chi connectivity index (χ0) is 33.4. The Balaban J connectivity index is 1.07. The zero-order valence-corrected chi connectivity index (χ0v) is 30.0. The molecular weight excluding hydrogens is 627 g/mol. The number of hydrogen-bond donors (Lipinski definition) is 0. The summed E-state index contributed by atoms with van der Waals surface area (Å²) in [6, 6.07) is 40.9. The van der Waals surface area contributed by atoms with E-state index in [2.05, 4.69) is 113 Å². The van der Waals surface area contributed by atoms with E-state index in [1.54, 1.807) is 33.2 Å². The number of rotatable bonds is 2. The second-order valence-corrected chi connectivity index (χ2v) is 19.0. The van der Waals surface area contributed by atoms with Crippen LogP contribution in [0.4, 0.5) is 34.1 Å². The number of fused-ring (bicyclic) bond motifs is 9. The van der Waals surface area contributed by atoms with Gasteiger partial charge in [0.1, 0.15) is 0 Å². The van der Waals surface area contributed by atoms with E-state index in [9.17, 15) is 0 Å². The predicted molar refractivity (Wildman–Crippen MR) is 214 cm³/mol. The maximum atomic E-state index is 2.81. The SMILES string of the molecule is c1ccc(N2c3cc4c(cc3B3c5cc6c(cc5N(c5ccccc5)c5cccc2c53)C2CC3CC5CC6CC53C2)C2CC3CC(C2)CC4C3)cc1. The van der Waals surface area contributed by atoms with Gasteiger partial charge in [-0.1, -0.05) is 54.6 Å². The first kappa shape index (κ1) is 28.3. The summed E-state index contributed by atoms with van der Waals surface area (Å²) >= 11 is 0. The van der Waals surface area contributed by atoms with Crippen molar-refractivity contribution in [2.75, 3.05) is 9.80 Å². The molecule has 1 spiro atoms. The monoisotopic (exact) mass is 672 g/mol. The Morgan fingerprint density at radius 3 is 1.46 bits per heavy atom. The van der Waals surface area contributed by atoms with Gasteiger partial charge in [-0.3, -0.25) is 0 Å². The van der Waals surface area contributed by atoms with E-state index in [1.807, 2.05) is 0 Å². The quantitative estimate of drug-likeness (QED) is 0.169. The molecule has 5 saturated carbocycles. The van der Waals surface area contributed by atoms with Crippen LogP contribution in [0.5, 0.6) is 0 Å². The highest BCUT2D eigenvalue weighted by Gasteiger charge is 2.65. The highest BCUT2D eigenvalue weighted by molar-refractivity contribution is 7.00. The Morgan fingerprint density at radius 2 is 0.923 bits per heavy atom. The molecule has 7 unspecified atom stereocenters. The lowest BCUT2D eigenvalue weighted by Gasteiger charge is -2.48. The van der Waals surface area contributed by atoms with Crippen LogP contribution in [0.25, 0.3) is 0 Å². The molecular formula is C49H45BN2. The van der Waals surface area contributed by atoms with Crippen molar-refractivity contribution in [3.05, 3.63) is 125 Å². The Labute approximate surface area is 308 Å². The lowest BCUT2D eigenvalue weighted by molar-refractivity contribution is 0.00322. The lowest BCUT2D eigenvalue weighted by atomic mass is 9.33. The van der Waals surface area contributed by atoms with Crippen molar-refractivity contribution < 1.29 is 0 Å². The van der Waals surface area contributed by atoms with Crippen LogP contribution < -0.4 is 26.2 Å². The third kappa shape index (κ3) is 3.42. The average Bonchev–Trinajstić information content (AvgIpc) is 3.53. The van der Waals surface area contributed by atoms with Gasteiger partial charge in [-0.05, 0) is 204 Å². The minimum Gasteiger partial charge on any atom is -0.311 e. The van der Waals surface area contributed by atoms with Crippen LogP contribution in [-0.4, -0.2) is 6.71 Å². The number of benzene rings is 5. The molecule has 0 saturated heterocycles. The fourth-order valence-corrected chi connectivity index (χ4v) is 15.2. The van der Waals surface area contributed by atoms with E-state index < -0.39 is 0 Å². The molecule has 15 rings (SSSR count). The minimum absolute atomic E-state index is 0.230. The van der Waals surface area contributed by atoms with Crippen molar-refractivity contribution in [1.29, 1.82) is 0 Å². The highest BCUT2D eigenvalue weighted by atomic mass is 15.2. The lowest BCUT2D eigenvalue weighted by Crippen LogP contribution is -2.61. The molecule has 0 amide bonds. The second kappa shape index (κ2) is 9.65. The second-order valence-electron chi connectivity index (χ2n) is 19.0. The number of nitrogens with zero attached hydrogens (tertiary/aromatic N) is 2. The molecule has 254 valence electrons. The Bertz CT molecular complexity index is 2350. The first-order valence-corrected chi connectivity index (χ1v) is 20.9. The molecule has 7 atom stereocenters. The molecule has 7 bridgehead atoms. The molecule has 10 aliphatic rings. The molecule has 0 aromatic heterocycles. The Hall–Kier alpha value is -4.24. The van der Waals surface area contributed by atoms with Crippen LogP contribution in [0, 0.1) is 29.1 Å². The van der Waals surface area contributed by atoms with Crippen LogP contribution in [0.3, 0.4) is 0 Å². The number of para-hydroxylation sites is 2. The smallest absolute Gasteiger partial charge is 0.252 e. The molecule has 5 fully saturated rings. The van der Waals surface area contributed by atoms with Crippen molar-refractivity contribution in [2.45, 2.75) is 87.9 Å². The standard InChI is InChI=1S/C49H45BN2/c1-3-8-36(9-4-1)51-44-12-7-13-45-48(44)50(42-22-38-30-15-28-14-29(16-30)18-31(17-28)40(38)24-46(42)51)43-23-39-32-19-34-21-35-20-33(27-49(34,35)26-32)41(39)25-47(43)52(45)37-10-5-2-6-11-37/h1-13,22-25,28-35H,14-21,26-27H2. The number of anilines is 6. The van der Waals surface area contributed by atoms with Crippen LogP contribution >= 0.6 is 0 Å². The molecule has 0 radical (unpaired) electrons. The summed E-state index contributed by atoms with van der Waals surface area (Å²) in [6.07, 6.45) is 14.4. The summed E-state index contributed by atoms with van der Waals surface area (Å²) in [4.78, 5) is 5.32.